The van der Waals surface area contributed by atoms with Crippen molar-refractivity contribution in [3.8, 4) is 0 Å². The minimum atomic E-state index is -4.39. The van der Waals surface area contributed by atoms with Gasteiger partial charge in [-0.2, -0.15) is 13.2 Å². The maximum absolute atomic E-state index is 12.2. The van der Waals surface area contributed by atoms with Crippen LogP contribution in [0.5, 0.6) is 0 Å². The average Bonchev–Trinajstić information content (AvgIpc) is 3.06. The summed E-state index contributed by atoms with van der Waals surface area (Å²) in [5.74, 6) is -1.24. The molecule has 0 aliphatic rings. The van der Waals surface area contributed by atoms with Gasteiger partial charge in [-0.05, 0) is 54.4 Å². The third-order valence-electron chi connectivity index (χ3n) is 3.01. The number of thiophene rings is 1. The van der Waals surface area contributed by atoms with E-state index in [1.807, 2.05) is 24.4 Å². The van der Waals surface area contributed by atoms with Crippen LogP contribution in [-0.2, 0) is 9.53 Å². The molecule has 1 heterocycles. The summed E-state index contributed by atoms with van der Waals surface area (Å²) in [5, 5.41) is 4.58. The van der Waals surface area contributed by atoms with Gasteiger partial charge < -0.3 is 10.1 Å². The third kappa shape index (κ3) is 6.43. The average molecular weight is 389 g/mol. The number of hydrogen-bond acceptors (Lipinski definition) is 5. The van der Waals surface area contributed by atoms with E-state index in [-0.39, 0.29) is 28.3 Å². The Bertz CT molecular complexity index is 715. The lowest BCUT2D eigenvalue weighted by molar-refractivity contribution is -0.124. The topological polar surface area (TPSA) is 55.4 Å². The molecule has 0 saturated carbocycles. The highest BCUT2D eigenvalue weighted by molar-refractivity contribution is 8.00. The number of alkyl halides is 3. The van der Waals surface area contributed by atoms with Crippen molar-refractivity contribution in [1.82, 2.24) is 5.32 Å². The molecule has 0 saturated heterocycles. The summed E-state index contributed by atoms with van der Waals surface area (Å²) < 4.78 is 41.6. The molecule has 0 bridgehead atoms. The fraction of sp³-hybridized carbons (Fsp3) is 0.250. The van der Waals surface area contributed by atoms with Crippen molar-refractivity contribution in [2.24, 2.45) is 0 Å². The number of hydrogen-bond donors (Lipinski definition) is 1. The molecule has 0 unspecified atom stereocenters. The van der Waals surface area contributed by atoms with Crippen molar-refractivity contribution in [1.29, 1.82) is 0 Å². The van der Waals surface area contributed by atoms with Crippen LogP contribution >= 0.6 is 23.1 Å². The number of halogens is 3. The first-order chi connectivity index (χ1) is 11.7. The van der Waals surface area contributed by atoms with E-state index in [2.05, 4.69) is 5.32 Å². The van der Waals surface area contributed by atoms with Crippen LogP contribution < -0.4 is 5.32 Å². The standard InChI is InChI=1S/C16H14F3NO3S2/c1-10(13-3-2-8-24-13)20-14(21)9-23-15(22)11-4-6-12(7-5-11)25-16(17,18)19/h2-8,10H,9H2,1H3,(H,20,21)/t10-/m0/s1. The molecule has 1 amide bonds. The number of amides is 1. The second-order valence-electron chi connectivity index (χ2n) is 4.95. The van der Waals surface area contributed by atoms with E-state index in [0.717, 1.165) is 4.88 Å². The molecule has 1 aromatic carbocycles. The minimum Gasteiger partial charge on any atom is -0.452 e. The molecule has 9 heteroatoms. The van der Waals surface area contributed by atoms with Gasteiger partial charge in [0.25, 0.3) is 5.91 Å². The smallest absolute Gasteiger partial charge is 0.446 e. The molecule has 1 aromatic heterocycles. The summed E-state index contributed by atoms with van der Waals surface area (Å²) in [6.07, 6.45) is 0. The SMILES string of the molecule is C[C@H](NC(=O)COC(=O)c1ccc(SC(F)(F)F)cc1)c1cccs1. The van der Waals surface area contributed by atoms with Crippen molar-refractivity contribution in [2.75, 3.05) is 6.61 Å². The van der Waals surface area contributed by atoms with E-state index in [0.29, 0.717) is 0 Å². The van der Waals surface area contributed by atoms with Gasteiger partial charge in [0.1, 0.15) is 0 Å². The second kappa shape index (κ2) is 8.39. The van der Waals surface area contributed by atoms with Gasteiger partial charge in [-0.3, -0.25) is 4.79 Å². The molecule has 25 heavy (non-hydrogen) atoms. The summed E-state index contributed by atoms with van der Waals surface area (Å²) in [6, 6.07) is 8.34. The maximum atomic E-state index is 12.2. The zero-order valence-electron chi connectivity index (χ0n) is 13.0. The molecule has 0 radical (unpaired) electrons. The second-order valence-corrected chi connectivity index (χ2v) is 7.07. The molecule has 1 atom stereocenters. The summed E-state index contributed by atoms with van der Waals surface area (Å²) in [4.78, 5) is 24.5. The van der Waals surface area contributed by atoms with E-state index in [9.17, 15) is 22.8 Å². The molecule has 2 aromatic rings. The Morgan fingerprint density at radius 3 is 2.48 bits per heavy atom. The van der Waals surface area contributed by atoms with Crippen molar-refractivity contribution in [3.63, 3.8) is 0 Å². The predicted octanol–water partition coefficient (Wildman–Crippen LogP) is 4.39. The molecule has 0 fully saturated rings. The summed E-state index contributed by atoms with van der Waals surface area (Å²) in [7, 11) is 0. The Kier molecular flexibility index (Phi) is 6.49. The Morgan fingerprint density at radius 1 is 1.24 bits per heavy atom. The van der Waals surface area contributed by atoms with Gasteiger partial charge in [-0.15, -0.1) is 11.3 Å². The van der Waals surface area contributed by atoms with Gasteiger partial charge in [-0.25, -0.2) is 4.79 Å². The lowest BCUT2D eigenvalue weighted by Crippen LogP contribution is -2.30. The highest BCUT2D eigenvalue weighted by Crippen LogP contribution is 2.36. The Labute approximate surface area is 150 Å². The fourth-order valence-electron chi connectivity index (χ4n) is 1.90. The summed E-state index contributed by atoms with van der Waals surface area (Å²) in [6.45, 7) is 1.34. The van der Waals surface area contributed by atoms with Crippen molar-refractivity contribution in [2.45, 2.75) is 23.4 Å². The zero-order valence-corrected chi connectivity index (χ0v) is 14.6. The van der Waals surface area contributed by atoms with Crippen molar-refractivity contribution >= 4 is 35.0 Å². The number of carbonyl (C=O) groups excluding carboxylic acids is 2. The number of thioether (sulfide) groups is 1. The van der Waals surface area contributed by atoms with Crippen LogP contribution in [0.1, 0.15) is 28.2 Å². The molecule has 0 aliphatic heterocycles. The highest BCUT2D eigenvalue weighted by atomic mass is 32.2. The summed E-state index contributed by atoms with van der Waals surface area (Å²) >= 11 is 1.22. The van der Waals surface area contributed by atoms with Gasteiger partial charge >= 0.3 is 11.5 Å². The van der Waals surface area contributed by atoms with Gasteiger partial charge in [-0.1, -0.05) is 6.07 Å². The predicted molar refractivity (Wildman–Crippen MR) is 89.5 cm³/mol. The van der Waals surface area contributed by atoms with E-state index in [4.69, 9.17) is 4.74 Å². The molecule has 0 aliphatic carbocycles. The van der Waals surface area contributed by atoms with Crippen LogP contribution in [0.15, 0.2) is 46.7 Å². The van der Waals surface area contributed by atoms with Crippen molar-refractivity contribution in [3.05, 3.63) is 52.2 Å². The lowest BCUT2D eigenvalue weighted by Gasteiger charge is -2.12. The minimum absolute atomic E-state index is 0.0356. The Balaban J connectivity index is 1.82. The van der Waals surface area contributed by atoms with E-state index in [1.54, 1.807) is 0 Å². The van der Waals surface area contributed by atoms with E-state index < -0.39 is 24.0 Å². The van der Waals surface area contributed by atoms with Gasteiger partial charge in [0.2, 0.25) is 0 Å². The first-order valence-corrected chi connectivity index (χ1v) is 8.80. The van der Waals surface area contributed by atoms with Gasteiger partial charge in [0.05, 0.1) is 11.6 Å². The van der Waals surface area contributed by atoms with Crippen LogP contribution in [-0.4, -0.2) is 24.0 Å². The quantitative estimate of drug-likeness (QED) is 0.588. The number of benzene rings is 1. The maximum Gasteiger partial charge on any atom is 0.446 e. The molecule has 0 spiro atoms. The number of carbonyl (C=O) groups is 2. The normalized spacial score (nSPS) is 12.5. The number of nitrogens with one attached hydrogen (secondary N) is 1. The van der Waals surface area contributed by atoms with Crippen LogP contribution in [0.25, 0.3) is 0 Å². The molecule has 134 valence electrons. The van der Waals surface area contributed by atoms with Crippen LogP contribution in [0.4, 0.5) is 13.2 Å². The first kappa shape index (κ1) is 19.3. The molecular formula is C16H14F3NO3S2. The van der Waals surface area contributed by atoms with Gasteiger partial charge in [0.15, 0.2) is 6.61 Å². The Morgan fingerprint density at radius 2 is 1.92 bits per heavy atom. The number of esters is 1. The zero-order chi connectivity index (χ0) is 18.4. The van der Waals surface area contributed by atoms with Gasteiger partial charge in [0, 0.05) is 9.77 Å². The Hall–Kier alpha value is -2.00. The number of ether oxygens (including phenoxy) is 1. The molecule has 1 N–H and O–H groups in total. The molecule has 4 nitrogen and oxygen atoms in total. The van der Waals surface area contributed by atoms with E-state index >= 15 is 0 Å². The first-order valence-electron chi connectivity index (χ1n) is 7.10. The molecule has 2 rings (SSSR count). The van der Waals surface area contributed by atoms with Crippen molar-refractivity contribution < 1.29 is 27.5 Å². The monoisotopic (exact) mass is 389 g/mol. The largest absolute Gasteiger partial charge is 0.452 e. The summed E-state index contributed by atoms with van der Waals surface area (Å²) in [5.41, 5.74) is -4.31. The lowest BCUT2D eigenvalue weighted by atomic mass is 10.2. The molecular weight excluding hydrogens is 375 g/mol. The third-order valence-corrected chi connectivity index (χ3v) is 4.80. The fourth-order valence-corrected chi connectivity index (χ4v) is 3.17. The number of rotatable bonds is 6. The van der Waals surface area contributed by atoms with E-state index in [1.165, 1.54) is 35.6 Å². The highest BCUT2D eigenvalue weighted by Gasteiger charge is 2.29. The van der Waals surface area contributed by atoms with Crippen LogP contribution in [0.3, 0.4) is 0 Å². The van der Waals surface area contributed by atoms with Crippen LogP contribution in [0, 0.1) is 0 Å². The van der Waals surface area contributed by atoms with Crippen LogP contribution in [0.2, 0.25) is 0 Å².